The van der Waals surface area contributed by atoms with Gasteiger partial charge in [-0.1, -0.05) is 84.9 Å². The van der Waals surface area contributed by atoms with Crippen molar-refractivity contribution in [2.45, 2.75) is 71.6 Å². The Morgan fingerprint density at radius 3 is 1.89 bits per heavy atom. The Kier molecular flexibility index (Phi) is 5.47. The summed E-state index contributed by atoms with van der Waals surface area (Å²) in [5.74, 6) is 1.40. The largest absolute Gasteiger partial charge is 0.420 e. The molecule has 3 rings (SSSR count). The van der Waals surface area contributed by atoms with Crippen LogP contribution in [0, 0.1) is 0 Å². The second-order valence-corrected chi connectivity index (χ2v) is 9.62. The van der Waals surface area contributed by atoms with Crippen LogP contribution in [-0.2, 0) is 10.8 Å². The lowest BCUT2D eigenvalue weighted by Crippen LogP contribution is -2.16. The minimum Gasteiger partial charge on any atom is -0.420 e. The average molecular weight is 377 g/mol. The fraction of sp³-hybridized carbons (Fsp3) is 0.440. The van der Waals surface area contributed by atoms with Crippen molar-refractivity contribution in [1.82, 2.24) is 10.2 Å². The molecule has 0 saturated carbocycles. The summed E-state index contributed by atoms with van der Waals surface area (Å²) in [5, 5.41) is 8.82. The molecule has 0 N–H and O–H groups in total. The number of hydrogen-bond donors (Lipinski definition) is 0. The Morgan fingerprint density at radius 2 is 1.39 bits per heavy atom. The Morgan fingerprint density at radius 1 is 0.821 bits per heavy atom. The molecule has 1 aromatic heterocycles. The van der Waals surface area contributed by atoms with Crippen molar-refractivity contribution in [1.29, 1.82) is 0 Å². The van der Waals surface area contributed by atoms with Crippen molar-refractivity contribution >= 4 is 0 Å². The highest BCUT2D eigenvalue weighted by molar-refractivity contribution is 5.58. The van der Waals surface area contributed by atoms with Gasteiger partial charge in [0.05, 0.1) is 5.92 Å². The summed E-state index contributed by atoms with van der Waals surface area (Å²) in [7, 11) is 0. The highest BCUT2D eigenvalue weighted by Gasteiger charge is 2.24. The van der Waals surface area contributed by atoms with E-state index in [0.29, 0.717) is 11.8 Å². The van der Waals surface area contributed by atoms with Gasteiger partial charge in [-0.3, -0.25) is 0 Å². The van der Waals surface area contributed by atoms with Gasteiger partial charge in [-0.25, -0.2) is 0 Å². The van der Waals surface area contributed by atoms with E-state index < -0.39 is 0 Å². The van der Waals surface area contributed by atoms with Crippen molar-refractivity contribution in [3.05, 3.63) is 71.1 Å². The first-order valence-electron chi connectivity index (χ1n) is 10.1. The third-order valence-electron chi connectivity index (χ3n) is 5.26. The molecule has 28 heavy (non-hydrogen) atoms. The van der Waals surface area contributed by atoms with Crippen molar-refractivity contribution in [3.8, 4) is 11.5 Å². The monoisotopic (exact) mass is 376 g/mol. The van der Waals surface area contributed by atoms with Crippen LogP contribution in [0.4, 0.5) is 0 Å². The summed E-state index contributed by atoms with van der Waals surface area (Å²) in [6.07, 6.45) is 0.918. The number of benzene rings is 2. The summed E-state index contributed by atoms with van der Waals surface area (Å²) in [6.45, 7) is 15.6. The molecule has 0 radical (unpaired) electrons. The van der Waals surface area contributed by atoms with Crippen LogP contribution >= 0.6 is 0 Å². The molecular formula is C25H32N2O. The Bertz CT molecular complexity index is 895. The summed E-state index contributed by atoms with van der Waals surface area (Å²) < 4.78 is 6.19. The van der Waals surface area contributed by atoms with Gasteiger partial charge in [-0.2, -0.15) is 0 Å². The van der Waals surface area contributed by atoms with Crippen molar-refractivity contribution in [2.75, 3.05) is 0 Å². The molecule has 0 saturated heterocycles. The molecule has 3 aromatic rings. The zero-order valence-corrected chi connectivity index (χ0v) is 18.2. The van der Waals surface area contributed by atoms with Gasteiger partial charge in [0.1, 0.15) is 0 Å². The fourth-order valence-electron chi connectivity index (χ4n) is 3.35. The third-order valence-corrected chi connectivity index (χ3v) is 5.26. The van der Waals surface area contributed by atoms with E-state index in [-0.39, 0.29) is 16.7 Å². The van der Waals surface area contributed by atoms with Crippen LogP contribution < -0.4 is 0 Å². The van der Waals surface area contributed by atoms with Gasteiger partial charge in [0.2, 0.25) is 11.8 Å². The maximum absolute atomic E-state index is 6.19. The molecule has 0 fully saturated rings. The van der Waals surface area contributed by atoms with Gasteiger partial charge in [0, 0.05) is 5.56 Å². The van der Waals surface area contributed by atoms with E-state index in [1.165, 1.54) is 16.7 Å². The summed E-state index contributed by atoms with van der Waals surface area (Å²) >= 11 is 0. The Labute approximate surface area is 169 Å². The van der Waals surface area contributed by atoms with Crippen molar-refractivity contribution in [3.63, 3.8) is 0 Å². The second kappa shape index (κ2) is 7.54. The van der Waals surface area contributed by atoms with Crippen LogP contribution in [0.2, 0.25) is 0 Å². The van der Waals surface area contributed by atoms with Gasteiger partial charge in [0.25, 0.3) is 0 Å². The lowest BCUT2D eigenvalue weighted by atomic mass is 9.79. The molecule has 0 amide bonds. The van der Waals surface area contributed by atoms with E-state index in [4.69, 9.17) is 4.42 Å². The summed E-state index contributed by atoms with van der Waals surface area (Å²) in [5.41, 5.74) is 4.87. The van der Waals surface area contributed by atoms with Crippen LogP contribution in [0.3, 0.4) is 0 Å². The summed E-state index contributed by atoms with van der Waals surface area (Å²) in [6, 6.07) is 17.1. The SMILES string of the molecule is CCC(c1ccccc1)c1nnc(-c2cc(C(C)(C)C)cc(C(C)(C)C)c2)o1. The molecular weight excluding hydrogens is 344 g/mol. The van der Waals surface area contributed by atoms with E-state index in [0.717, 1.165) is 12.0 Å². The van der Waals surface area contributed by atoms with E-state index in [1.54, 1.807) is 0 Å². The standard InChI is InChI=1S/C25H32N2O/c1-8-21(17-12-10-9-11-13-17)23-27-26-22(28-23)18-14-19(24(2,3)4)16-20(15-18)25(5,6)7/h9-16,21H,8H2,1-7H3. The molecule has 0 aliphatic carbocycles. The van der Waals surface area contributed by atoms with Gasteiger partial charge in [-0.15, -0.1) is 10.2 Å². The quantitative estimate of drug-likeness (QED) is 0.498. The molecule has 0 spiro atoms. The first kappa shape index (κ1) is 20.3. The van der Waals surface area contributed by atoms with E-state index in [2.05, 4.69) is 101 Å². The fourth-order valence-corrected chi connectivity index (χ4v) is 3.35. The van der Waals surface area contributed by atoms with Crippen LogP contribution in [-0.4, -0.2) is 10.2 Å². The molecule has 1 atom stereocenters. The highest BCUT2D eigenvalue weighted by atomic mass is 16.4. The maximum atomic E-state index is 6.19. The second-order valence-electron chi connectivity index (χ2n) is 9.62. The van der Waals surface area contributed by atoms with Crippen molar-refractivity contribution < 1.29 is 4.42 Å². The number of hydrogen-bond acceptors (Lipinski definition) is 3. The first-order chi connectivity index (χ1) is 13.1. The lowest BCUT2D eigenvalue weighted by molar-refractivity contribution is 0.474. The molecule has 3 heteroatoms. The predicted octanol–water partition coefficient (Wildman–Crippen LogP) is 6.87. The molecule has 0 aliphatic rings. The van der Waals surface area contributed by atoms with Crippen LogP contribution in [0.5, 0.6) is 0 Å². The van der Waals surface area contributed by atoms with Gasteiger partial charge >= 0.3 is 0 Å². The topological polar surface area (TPSA) is 38.9 Å². The van der Waals surface area contributed by atoms with Gasteiger partial charge < -0.3 is 4.42 Å². The van der Waals surface area contributed by atoms with Gasteiger partial charge in [-0.05, 0) is 46.1 Å². The minimum atomic E-state index is 0.0505. The molecule has 0 aliphatic heterocycles. The van der Waals surface area contributed by atoms with E-state index in [1.807, 2.05) is 6.07 Å². The average Bonchev–Trinajstić information content (AvgIpc) is 3.11. The first-order valence-corrected chi connectivity index (χ1v) is 10.1. The maximum Gasteiger partial charge on any atom is 0.247 e. The van der Waals surface area contributed by atoms with Crippen LogP contribution in [0.1, 0.15) is 83.4 Å². The zero-order valence-electron chi connectivity index (χ0n) is 18.2. The van der Waals surface area contributed by atoms with Crippen molar-refractivity contribution in [2.24, 2.45) is 0 Å². The Balaban J connectivity index is 2.05. The Hall–Kier alpha value is -2.42. The predicted molar refractivity (Wildman–Crippen MR) is 116 cm³/mol. The molecule has 1 unspecified atom stereocenters. The van der Waals surface area contributed by atoms with Crippen LogP contribution in [0.25, 0.3) is 11.5 Å². The normalized spacial score (nSPS) is 13.5. The van der Waals surface area contributed by atoms with E-state index >= 15 is 0 Å². The number of aromatic nitrogens is 2. The van der Waals surface area contributed by atoms with E-state index in [9.17, 15) is 0 Å². The summed E-state index contributed by atoms with van der Waals surface area (Å²) in [4.78, 5) is 0. The zero-order chi connectivity index (χ0) is 20.5. The molecule has 148 valence electrons. The van der Waals surface area contributed by atoms with Crippen LogP contribution in [0.15, 0.2) is 52.9 Å². The smallest absolute Gasteiger partial charge is 0.247 e. The van der Waals surface area contributed by atoms with Gasteiger partial charge in [0.15, 0.2) is 0 Å². The molecule has 3 nitrogen and oxygen atoms in total. The lowest BCUT2D eigenvalue weighted by Gasteiger charge is -2.25. The minimum absolute atomic E-state index is 0.0505. The third kappa shape index (κ3) is 4.35. The number of nitrogens with zero attached hydrogens (tertiary/aromatic N) is 2. The molecule has 2 aromatic carbocycles. The molecule has 0 bridgehead atoms. The highest BCUT2D eigenvalue weighted by Crippen LogP contribution is 2.35. The number of rotatable bonds is 4. The molecule has 1 heterocycles.